The number of halogens is 3. The Hall–Kier alpha value is -7.00. The highest BCUT2D eigenvalue weighted by atomic mass is 35.5. The van der Waals surface area contributed by atoms with Crippen LogP contribution in [-0.2, 0) is 55.6 Å². The first-order chi connectivity index (χ1) is 37.1. The molecule has 448 valence electrons. The van der Waals surface area contributed by atoms with Crippen molar-refractivity contribution in [1.82, 2.24) is 16.0 Å². The molecule has 4 unspecified atom stereocenters. The molecule has 0 aliphatic rings. The number of esters is 2. The predicted octanol–water partition coefficient (Wildman–Crippen LogP) is 11.1. The summed E-state index contributed by atoms with van der Waals surface area (Å²) in [5, 5.41) is 9.38. The molecule has 0 fully saturated rings. The van der Waals surface area contributed by atoms with Gasteiger partial charge in [0.2, 0.25) is 12.6 Å². The SMILES string of the molecule is C.CCC(CN)OC(=O)OC(C)OC(=O)C(C)(C)Oc1ccc(CCNC(=O)c2ccc(Cl)cc2)cc1.CCC(CNC(=O)OC(C)(C)C)OC(=O)OC(C)OC(=O)C(C)(C)Oc1ccc(CCNC(=O)c2ccc(Cl)cc2)cc1.Cl. The highest BCUT2D eigenvalue weighted by molar-refractivity contribution is 6.31. The van der Waals surface area contributed by atoms with Crippen LogP contribution in [0, 0.1) is 0 Å². The highest BCUT2D eigenvalue weighted by Gasteiger charge is 2.35. The fourth-order valence-corrected chi connectivity index (χ4v) is 6.73. The van der Waals surface area contributed by atoms with Crippen molar-refractivity contribution in [3.05, 3.63) is 129 Å². The van der Waals surface area contributed by atoms with Crippen LogP contribution in [0.3, 0.4) is 0 Å². The molecule has 0 aliphatic heterocycles. The summed E-state index contributed by atoms with van der Waals surface area (Å²) in [4.78, 5) is 85.5. The van der Waals surface area contributed by atoms with Crippen LogP contribution in [0.1, 0.15) is 128 Å². The van der Waals surface area contributed by atoms with E-state index < -0.39 is 71.9 Å². The van der Waals surface area contributed by atoms with Gasteiger partial charge in [0.1, 0.15) is 29.3 Å². The van der Waals surface area contributed by atoms with Crippen LogP contribution in [0.25, 0.3) is 0 Å². The molecule has 23 heteroatoms. The minimum Gasteiger partial charge on any atom is -0.476 e. The van der Waals surface area contributed by atoms with Gasteiger partial charge in [0.15, 0.2) is 11.2 Å². The molecular weight excluding hydrogens is 1120 g/mol. The standard InChI is InChI=1S/C31H41ClN2O9.C26H33ClN2O7.CH4.ClH/c1-8-24(19-34-28(37)43-30(3,4)5)41-29(38)40-20(2)39-27(36)31(6,7)42-25-15-9-21(10-16-25)17-18-33-26(35)22-11-13-23(32)14-12-22;1-5-21(16-28)35-25(32)34-17(2)33-24(31)26(3,4)36-22-12-6-18(7-13-22)14-15-29-23(30)19-8-10-20(27)11-9-19;;/h9-16,20,24H,8,17-19H2,1-7H3,(H,33,35)(H,34,37);6-13,17,21H,5,14-16,28H2,1-4H3,(H,29,30);1H4;1H. The van der Waals surface area contributed by atoms with Gasteiger partial charge in [-0.2, -0.15) is 0 Å². The third-order valence-electron chi connectivity index (χ3n) is 10.8. The van der Waals surface area contributed by atoms with Gasteiger partial charge in [0.05, 0.1) is 6.54 Å². The van der Waals surface area contributed by atoms with E-state index in [2.05, 4.69) is 16.0 Å². The van der Waals surface area contributed by atoms with Crippen LogP contribution in [0.5, 0.6) is 11.5 Å². The Balaban J connectivity index is 0.000000802. The van der Waals surface area contributed by atoms with Crippen LogP contribution >= 0.6 is 35.6 Å². The maximum absolute atomic E-state index is 12.8. The van der Waals surface area contributed by atoms with E-state index in [0.29, 0.717) is 71.4 Å². The number of alkyl carbamates (subject to hydrolysis) is 1. The molecule has 0 spiro atoms. The minimum absolute atomic E-state index is 0. The number of carbonyl (C=O) groups excluding carboxylic acids is 7. The second-order valence-corrected chi connectivity index (χ2v) is 20.5. The van der Waals surface area contributed by atoms with Gasteiger partial charge in [-0.1, -0.05) is 68.7 Å². The largest absolute Gasteiger partial charge is 0.511 e. The summed E-state index contributed by atoms with van der Waals surface area (Å²) in [6, 6.07) is 27.5. The molecule has 4 aromatic carbocycles. The predicted molar refractivity (Wildman–Crippen MR) is 309 cm³/mol. The van der Waals surface area contributed by atoms with E-state index in [9.17, 15) is 33.6 Å². The fourth-order valence-electron chi connectivity index (χ4n) is 6.48. The molecular formula is C58H79Cl3N4O16. The molecule has 4 atom stereocenters. The van der Waals surface area contributed by atoms with E-state index in [1.54, 1.807) is 114 Å². The molecule has 0 saturated carbocycles. The third-order valence-corrected chi connectivity index (χ3v) is 11.3. The van der Waals surface area contributed by atoms with Crippen molar-refractivity contribution in [3.8, 4) is 11.5 Å². The monoisotopic (exact) mass is 1190 g/mol. The Morgan fingerprint density at radius 1 is 0.519 bits per heavy atom. The van der Waals surface area contributed by atoms with E-state index in [-0.39, 0.29) is 44.7 Å². The maximum atomic E-state index is 12.8. The molecule has 0 aromatic heterocycles. The van der Waals surface area contributed by atoms with Crippen LogP contribution < -0.4 is 31.2 Å². The van der Waals surface area contributed by atoms with Crippen molar-refractivity contribution in [2.45, 2.75) is 151 Å². The number of ether oxygens (including phenoxy) is 9. The Morgan fingerprint density at radius 2 is 0.877 bits per heavy atom. The lowest BCUT2D eigenvalue weighted by atomic mass is 10.1. The summed E-state index contributed by atoms with van der Waals surface area (Å²) in [7, 11) is 0. The van der Waals surface area contributed by atoms with Gasteiger partial charge in [-0.15, -0.1) is 12.4 Å². The first-order valence-electron chi connectivity index (χ1n) is 25.6. The number of nitrogens with one attached hydrogen (secondary N) is 3. The van der Waals surface area contributed by atoms with Gasteiger partial charge in [0.25, 0.3) is 11.8 Å². The first-order valence-corrected chi connectivity index (χ1v) is 26.3. The summed E-state index contributed by atoms with van der Waals surface area (Å²) in [5.74, 6) is -0.977. The van der Waals surface area contributed by atoms with Gasteiger partial charge in [-0.25, -0.2) is 24.0 Å². The molecule has 0 saturated heterocycles. The fraction of sp³-hybridized carbons (Fsp3) is 0.466. The molecule has 4 rings (SSSR count). The van der Waals surface area contributed by atoms with E-state index in [4.69, 9.17) is 71.6 Å². The molecule has 3 amide bonds. The van der Waals surface area contributed by atoms with Crippen molar-refractivity contribution in [2.75, 3.05) is 26.2 Å². The number of nitrogens with two attached hydrogens (primary N) is 1. The molecule has 0 heterocycles. The summed E-state index contributed by atoms with van der Waals surface area (Å²) >= 11 is 11.7. The van der Waals surface area contributed by atoms with Gasteiger partial charge in [-0.05, 0) is 158 Å². The normalized spacial score (nSPS) is 12.4. The molecule has 4 aromatic rings. The first kappa shape index (κ1) is 72.0. The number of hydrogen-bond donors (Lipinski definition) is 4. The van der Waals surface area contributed by atoms with Crippen molar-refractivity contribution < 1.29 is 76.2 Å². The Morgan fingerprint density at radius 3 is 1.21 bits per heavy atom. The smallest absolute Gasteiger partial charge is 0.476 e. The average Bonchev–Trinajstić information content (AvgIpc) is 3.37. The van der Waals surface area contributed by atoms with E-state index in [1.165, 1.54) is 27.7 Å². The zero-order valence-electron chi connectivity index (χ0n) is 47.0. The van der Waals surface area contributed by atoms with Crippen molar-refractivity contribution in [1.29, 1.82) is 0 Å². The van der Waals surface area contributed by atoms with Gasteiger partial charge in [-0.3, -0.25) is 9.59 Å². The van der Waals surface area contributed by atoms with Crippen LogP contribution in [0.4, 0.5) is 14.4 Å². The number of benzene rings is 4. The Kier molecular flexibility index (Phi) is 31.1. The summed E-state index contributed by atoms with van der Waals surface area (Å²) in [6.45, 7) is 18.8. The second kappa shape index (κ2) is 35.0. The Labute approximate surface area is 491 Å². The molecule has 81 heavy (non-hydrogen) atoms. The van der Waals surface area contributed by atoms with Crippen molar-refractivity contribution >= 4 is 77.8 Å². The number of amides is 3. The lowest BCUT2D eigenvalue weighted by molar-refractivity contribution is -0.184. The maximum Gasteiger partial charge on any atom is 0.511 e. The molecule has 0 radical (unpaired) electrons. The van der Waals surface area contributed by atoms with E-state index >= 15 is 0 Å². The zero-order chi connectivity index (χ0) is 58.9. The number of rotatable bonds is 25. The van der Waals surface area contributed by atoms with E-state index in [0.717, 1.165) is 11.1 Å². The quantitative estimate of drug-likeness (QED) is 0.0273. The van der Waals surface area contributed by atoms with Crippen molar-refractivity contribution in [2.24, 2.45) is 5.73 Å². The molecule has 5 N–H and O–H groups in total. The third kappa shape index (κ3) is 27.8. The summed E-state index contributed by atoms with van der Waals surface area (Å²) in [6.07, 6.45) is -4.10. The second-order valence-electron chi connectivity index (χ2n) is 19.6. The summed E-state index contributed by atoms with van der Waals surface area (Å²) < 4.78 is 47.4. The summed E-state index contributed by atoms with van der Waals surface area (Å²) in [5.41, 5.74) is 5.07. The van der Waals surface area contributed by atoms with E-state index in [1.807, 2.05) is 31.2 Å². The lowest BCUT2D eigenvalue weighted by Gasteiger charge is -2.26. The van der Waals surface area contributed by atoms with Crippen LogP contribution in [0.2, 0.25) is 10.0 Å². The zero-order valence-corrected chi connectivity index (χ0v) is 49.3. The lowest BCUT2D eigenvalue weighted by Crippen LogP contribution is -2.42. The van der Waals surface area contributed by atoms with Gasteiger partial charge in [0, 0.05) is 54.7 Å². The molecule has 0 aliphatic carbocycles. The van der Waals surface area contributed by atoms with Crippen molar-refractivity contribution in [3.63, 3.8) is 0 Å². The van der Waals surface area contributed by atoms with Crippen LogP contribution in [0.15, 0.2) is 97.1 Å². The average molecular weight is 1190 g/mol. The molecule has 0 bridgehead atoms. The number of hydrogen-bond acceptors (Lipinski definition) is 17. The van der Waals surface area contributed by atoms with Gasteiger partial charge >= 0.3 is 30.3 Å². The Bertz CT molecular complexity index is 2590. The van der Waals surface area contributed by atoms with Crippen LogP contribution in [-0.4, -0.2) is 110 Å². The molecule has 20 nitrogen and oxygen atoms in total. The number of carbonyl (C=O) groups is 7. The topological polar surface area (TPSA) is 265 Å². The highest BCUT2D eigenvalue weighted by Crippen LogP contribution is 2.23. The van der Waals surface area contributed by atoms with Gasteiger partial charge < -0.3 is 64.3 Å². The minimum atomic E-state index is -1.40.